The number of rotatable bonds is 4. The lowest BCUT2D eigenvalue weighted by Gasteiger charge is -2.28. The summed E-state index contributed by atoms with van der Waals surface area (Å²) in [6.45, 7) is 9.15. The van der Waals surface area contributed by atoms with E-state index in [1.54, 1.807) is 0 Å². The predicted octanol–water partition coefficient (Wildman–Crippen LogP) is 3.64. The van der Waals surface area contributed by atoms with Crippen LogP contribution in [0.25, 0.3) is 11.4 Å². The quantitative estimate of drug-likeness (QED) is 0.756. The minimum atomic E-state index is 0.624. The number of morpholine rings is 1. The molecule has 0 spiro atoms. The van der Waals surface area contributed by atoms with Crippen molar-refractivity contribution >= 4 is 17.2 Å². The monoisotopic (exact) mass is 365 g/mol. The van der Waals surface area contributed by atoms with Crippen LogP contribution in [0.3, 0.4) is 0 Å². The van der Waals surface area contributed by atoms with Crippen molar-refractivity contribution in [1.82, 2.24) is 15.1 Å². The van der Waals surface area contributed by atoms with Gasteiger partial charge >= 0.3 is 0 Å². The first-order chi connectivity index (χ1) is 13.1. The van der Waals surface area contributed by atoms with Crippen molar-refractivity contribution in [3.8, 4) is 11.4 Å². The van der Waals surface area contributed by atoms with Gasteiger partial charge in [0.25, 0.3) is 0 Å². The molecule has 2 aromatic heterocycles. The molecule has 1 aromatic carbocycles. The lowest BCUT2D eigenvalue weighted by atomic mass is 10.2. The van der Waals surface area contributed by atoms with Crippen molar-refractivity contribution in [3.05, 3.63) is 47.5 Å². The fourth-order valence-corrected chi connectivity index (χ4v) is 3.27. The van der Waals surface area contributed by atoms with Gasteiger partial charge in [-0.25, -0.2) is 9.97 Å². The van der Waals surface area contributed by atoms with Gasteiger partial charge in [0.15, 0.2) is 5.82 Å². The topological polar surface area (TPSA) is 76.3 Å². The Morgan fingerprint density at radius 2 is 1.74 bits per heavy atom. The Bertz CT molecular complexity index is 911. The van der Waals surface area contributed by atoms with Crippen LogP contribution < -0.4 is 10.2 Å². The standard InChI is InChI=1S/C20H23N5O2/c1-13-12-18(23-20(21-13)19-14(2)24-27-15(19)3)22-16-4-6-17(7-5-16)25-8-10-26-11-9-25/h4-7,12H,8-11H2,1-3H3,(H,21,22,23). The molecule has 3 aromatic rings. The maximum atomic E-state index is 5.41. The van der Waals surface area contributed by atoms with Gasteiger partial charge in [-0.15, -0.1) is 0 Å². The van der Waals surface area contributed by atoms with Gasteiger partial charge in [-0.05, 0) is 45.0 Å². The summed E-state index contributed by atoms with van der Waals surface area (Å²) in [4.78, 5) is 11.5. The van der Waals surface area contributed by atoms with Crippen LogP contribution >= 0.6 is 0 Å². The van der Waals surface area contributed by atoms with Gasteiger partial charge in [-0.1, -0.05) is 5.16 Å². The number of nitrogens with one attached hydrogen (secondary N) is 1. The summed E-state index contributed by atoms with van der Waals surface area (Å²) in [6.07, 6.45) is 0. The Labute approximate surface area is 158 Å². The van der Waals surface area contributed by atoms with E-state index < -0.39 is 0 Å². The molecule has 0 unspecified atom stereocenters. The first-order valence-electron chi connectivity index (χ1n) is 9.09. The van der Waals surface area contributed by atoms with E-state index in [1.165, 1.54) is 5.69 Å². The summed E-state index contributed by atoms with van der Waals surface area (Å²) in [6, 6.07) is 10.3. The van der Waals surface area contributed by atoms with Crippen molar-refractivity contribution in [2.45, 2.75) is 20.8 Å². The maximum absolute atomic E-state index is 5.41. The van der Waals surface area contributed by atoms with E-state index in [1.807, 2.05) is 26.8 Å². The van der Waals surface area contributed by atoms with Crippen LogP contribution in [0, 0.1) is 20.8 Å². The number of benzene rings is 1. The van der Waals surface area contributed by atoms with Crippen LogP contribution in [-0.4, -0.2) is 41.4 Å². The molecule has 140 valence electrons. The van der Waals surface area contributed by atoms with Crippen molar-refractivity contribution in [2.75, 3.05) is 36.5 Å². The van der Waals surface area contributed by atoms with Gasteiger partial charge in [0.05, 0.1) is 24.5 Å². The highest BCUT2D eigenvalue weighted by molar-refractivity contribution is 5.65. The molecule has 4 rings (SSSR count). The lowest BCUT2D eigenvalue weighted by molar-refractivity contribution is 0.122. The second kappa shape index (κ2) is 7.36. The molecule has 1 fully saturated rings. The average Bonchev–Trinajstić information content (AvgIpc) is 3.01. The van der Waals surface area contributed by atoms with Crippen LogP contribution in [0.4, 0.5) is 17.2 Å². The summed E-state index contributed by atoms with van der Waals surface area (Å²) >= 11 is 0. The highest BCUT2D eigenvalue weighted by Gasteiger charge is 2.16. The largest absolute Gasteiger partial charge is 0.378 e. The van der Waals surface area contributed by atoms with Crippen LogP contribution in [-0.2, 0) is 4.74 Å². The summed E-state index contributed by atoms with van der Waals surface area (Å²) in [5.74, 6) is 2.09. The van der Waals surface area contributed by atoms with Crippen molar-refractivity contribution in [3.63, 3.8) is 0 Å². The number of aromatic nitrogens is 3. The zero-order valence-electron chi connectivity index (χ0n) is 15.8. The van der Waals surface area contributed by atoms with E-state index in [4.69, 9.17) is 9.26 Å². The van der Waals surface area contributed by atoms with Gasteiger partial charge in [-0.2, -0.15) is 0 Å². The third-order valence-electron chi connectivity index (χ3n) is 4.63. The molecule has 27 heavy (non-hydrogen) atoms. The second-order valence-corrected chi connectivity index (χ2v) is 6.69. The fourth-order valence-electron chi connectivity index (χ4n) is 3.27. The number of hydrogen-bond donors (Lipinski definition) is 1. The molecule has 0 radical (unpaired) electrons. The van der Waals surface area contributed by atoms with E-state index >= 15 is 0 Å². The Balaban J connectivity index is 1.56. The Morgan fingerprint density at radius 3 is 2.41 bits per heavy atom. The van der Waals surface area contributed by atoms with Crippen LogP contribution in [0.1, 0.15) is 17.1 Å². The minimum absolute atomic E-state index is 0.624. The van der Waals surface area contributed by atoms with E-state index in [0.29, 0.717) is 5.82 Å². The number of ether oxygens (including phenoxy) is 1. The fraction of sp³-hybridized carbons (Fsp3) is 0.350. The highest BCUT2D eigenvalue weighted by atomic mass is 16.5. The maximum Gasteiger partial charge on any atom is 0.167 e. The lowest BCUT2D eigenvalue weighted by Crippen LogP contribution is -2.36. The molecule has 0 bridgehead atoms. The molecule has 0 saturated carbocycles. The third kappa shape index (κ3) is 3.78. The van der Waals surface area contributed by atoms with E-state index in [0.717, 1.165) is 60.5 Å². The summed E-state index contributed by atoms with van der Waals surface area (Å²) in [5, 5.41) is 7.37. The first-order valence-corrected chi connectivity index (χ1v) is 9.09. The third-order valence-corrected chi connectivity index (χ3v) is 4.63. The molecule has 0 amide bonds. The smallest absolute Gasteiger partial charge is 0.167 e. The molecule has 0 aliphatic carbocycles. The van der Waals surface area contributed by atoms with Gasteiger partial charge in [0, 0.05) is 36.2 Å². The zero-order valence-corrected chi connectivity index (χ0v) is 15.8. The Kier molecular flexibility index (Phi) is 4.77. The van der Waals surface area contributed by atoms with E-state index in [9.17, 15) is 0 Å². The van der Waals surface area contributed by atoms with Gasteiger partial charge < -0.3 is 19.5 Å². The zero-order chi connectivity index (χ0) is 18.8. The molecular formula is C20H23N5O2. The molecular weight excluding hydrogens is 342 g/mol. The number of aryl methyl sites for hydroxylation is 3. The van der Waals surface area contributed by atoms with Crippen LogP contribution in [0.15, 0.2) is 34.9 Å². The summed E-state index contributed by atoms with van der Waals surface area (Å²) in [7, 11) is 0. The molecule has 7 heteroatoms. The number of nitrogens with zero attached hydrogens (tertiary/aromatic N) is 4. The highest BCUT2D eigenvalue weighted by Crippen LogP contribution is 2.26. The van der Waals surface area contributed by atoms with E-state index in [-0.39, 0.29) is 0 Å². The normalized spacial score (nSPS) is 14.4. The Morgan fingerprint density at radius 1 is 1.00 bits per heavy atom. The number of anilines is 3. The average molecular weight is 365 g/mol. The van der Waals surface area contributed by atoms with Gasteiger partial charge in [-0.3, -0.25) is 0 Å². The molecule has 1 N–H and O–H groups in total. The van der Waals surface area contributed by atoms with Gasteiger partial charge in [0.1, 0.15) is 11.6 Å². The van der Waals surface area contributed by atoms with Crippen molar-refractivity contribution in [1.29, 1.82) is 0 Å². The SMILES string of the molecule is Cc1cc(Nc2ccc(N3CCOCC3)cc2)nc(-c2c(C)noc2C)n1. The van der Waals surface area contributed by atoms with Gasteiger partial charge in [0.2, 0.25) is 0 Å². The first kappa shape index (κ1) is 17.5. The van der Waals surface area contributed by atoms with Crippen LogP contribution in [0.5, 0.6) is 0 Å². The molecule has 1 saturated heterocycles. The molecule has 1 aliphatic rings. The second-order valence-electron chi connectivity index (χ2n) is 6.69. The predicted molar refractivity (Wildman–Crippen MR) is 104 cm³/mol. The molecule has 3 heterocycles. The van der Waals surface area contributed by atoms with Crippen molar-refractivity contribution in [2.24, 2.45) is 0 Å². The minimum Gasteiger partial charge on any atom is -0.378 e. The molecule has 1 aliphatic heterocycles. The molecule has 0 atom stereocenters. The van der Waals surface area contributed by atoms with Crippen molar-refractivity contribution < 1.29 is 9.26 Å². The summed E-state index contributed by atoms with van der Waals surface area (Å²) < 4.78 is 10.7. The number of hydrogen-bond acceptors (Lipinski definition) is 7. The van der Waals surface area contributed by atoms with E-state index in [2.05, 4.69) is 49.6 Å². The van der Waals surface area contributed by atoms with Crippen LogP contribution in [0.2, 0.25) is 0 Å². The Hall–Kier alpha value is -2.93. The molecule has 7 nitrogen and oxygen atoms in total. The summed E-state index contributed by atoms with van der Waals surface area (Å²) in [5.41, 5.74) is 4.71.